The van der Waals surface area contributed by atoms with Crippen molar-refractivity contribution in [3.8, 4) is 5.95 Å². The van der Waals surface area contributed by atoms with Gasteiger partial charge in [-0.2, -0.15) is 24.7 Å². The molecule has 10 heteroatoms. The fourth-order valence-corrected chi connectivity index (χ4v) is 3.01. The first-order valence-corrected chi connectivity index (χ1v) is 7.68. The molecule has 0 amide bonds. The molecule has 0 saturated carbocycles. The van der Waals surface area contributed by atoms with Crippen molar-refractivity contribution in [2.45, 2.75) is 6.54 Å². The number of anilines is 2. The highest BCUT2D eigenvalue weighted by atomic mass is 79.9. The highest BCUT2D eigenvalue weighted by Gasteiger charge is 2.09. The summed E-state index contributed by atoms with van der Waals surface area (Å²) in [7, 11) is 1.75. The van der Waals surface area contributed by atoms with Crippen LogP contribution < -0.4 is 10.6 Å². The van der Waals surface area contributed by atoms with Gasteiger partial charge >= 0.3 is 0 Å². The van der Waals surface area contributed by atoms with Gasteiger partial charge in [-0.05, 0) is 27.4 Å². The van der Waals surface area contributed by atoms with Gasteiger partial charge in [-0.1, -0.05) is 0 Å². The molecule has 0 atom stereocenters. The van der Waals surface area contributed by atoms with Crippen LogP contribution in [0.5, 0.6) is 0 Å². The first kappa shape index (κ1) is 13.9. The lowest BCUT2D eigenvalue weighted by Gasteiger charge is -2.07. The molecule has 0 aliphatic heterocycles. The summed E-state index contributed by atoms with van der Waals surface area (Å²) in [5, 5.41) is 12.1. The zero-order valence-electron chi connectivity index (χ0n) is 11.0. The lowest BCUT2D eigenvalue weighted by molar-refractivity contribution is 0.795. The van der Waals surface area contributed by atoms with Crippen molar-refractivity contribution >= 4 is 39.2 Å². The van der Waals surface area contributed by atoms with Crippen LogP contribution in [0.15, 0.2) is 28.6 Å². The van der Waals surface area contributed by atoms with Crippen LogP contribution in [-0.2, 0) is 6.54 Å². The summed E-state index contributed by atoms with van der Waals surface area (Å²) in [5.41, 5.74) is 0. The fourth-order valence-electron chi connectivity index (χ4n) is 1.58. The Morgan fingerprint density at radius 2 is 2.14 bits per heavy atom. The molecule has 3 rings (SSSR count). The second kappa shape index (κ2) is 6.14. The van der Waals surface area contributed by atoms with E-state index in [2.05, 4.69) is 51.6 Å². The van der Waals surface area contributed by atoms with Gasteiger partial charge in [0.25, 0.3) is 5.95 Å². The Labute approximate surface area is 132 Å². The maximum absolute atomic E-state index is 4.33. The van der Waals surface area contributed by atoms with Crippen LogP contribution in [-0.4, -0.2) is 36.8 Å². The summed E-state index contributed by atoms with van der Waals surface area (Å²) in [6.07, 6.45) is 2.97. The van der Waals surface area contributed by atoms with Crippen molar-refractivity contribution in [2.75, 3.05) is 17.7 Å². The molecule has 0 bridgehead atoms. The van der Waals surface area contributed by atoms with Gasteiger partial charge in [0.15, 0.2) is 0 Å². The van der Waals surface area contributed by atoms with E-state index in [1.165, 1.54) is 22.2 Å². The summed E-state index contributed by atoms with van der Waals surface area (Å²) in [6, 6.07) is 2.01. The minimum absolute atomic E-state index is 0.402. The van der Waals surface area contributed by atoms with Crippen LogP contribution in [0.25, 0.3) is 5.95 Å². The Balaban J connectivity index is 1.84. The largest absolute Gasteiger partial charge is 0.357 e. The standard InChI is InChI=1S/C11H11BrN8S/c1-13-9-17-10(15-4-8-7(12)2-3-21-8)19-11(18-9)20-6-14-5-16-20/h2-3,5-6H,4H2,1H3,(H2,13,15,17,18,19). The van der Waals surface area contributed by atoms with E-state index in [1.54, 1.807) is 18.4 Å². The molecule has 0 aromatic carbocycles. The second-order valence-electron chi connectivity index (χ2n) is 3.92. The number of hydrogen-bond donors (Lipinski definition) is 2. The maximum atomic E-state index is 4.33. The molecule has 0 fully saturated rings. The summed E-state index contributed by atoms with van der Waals surface area (Å²) in [6.45, 7) is 0.627. The highest BCUT2D eigenvalue weighted by Crippen LogP contribution is 2.23. The maximum Gasteiger partial charge on any atom is 0.258 e. The third-order valence-electron chi connectivity index (χ3n) is 2.57. The highest BCUT2D eigenvalue weighted by molar-refractivity contribution is 9.10. The van der Waals surface area contributed by atoms with E-state index >= 15 is 0 Å². The monoisotopic (exact) mass is 366 g/mol. The third-order valence-corrected chi connectivity index (χ3v) is 4.50. The number of thiophene rings is 1. The summed E-state index contributed by atoms with van der Waals surface area (Å²) in [5.74, 6) is 1.34. The molecule has 3 aromatic rings. The Morgan fingerprint density at radius 1 is 1.29 bits per heavy atom. The van der Waals surface area contributed by atoms with E-state index in [0.29, 0.717) is 24.4 Å². The SMILES string of the molecule is CNc1nc(NCc2sccc2Br)nc(-n2cncn2)n1. The van der Waals surface area contributed by atoms with Gasteiger partial charge in [0, 0.05) is 16.4 Å². The fraction of sp³-hybridized carbons (Fsp3) is 0.182. The van der Waals surface area contributed by atoms with Crippen molar-refractivity contribution in [1.29, 1.82) is 0 Å². The van der Waals surface area contributed by atoms with E-state index in [1.807, 2.05) is 11.4 Å². The molecule has 0 aliphatic rings. The predicted octanol–water partition coefficient (Wildman–Crippen LogP) is 1.93. The van der Waals surface area contributed by atoms with Gasteiger partial charge in [0.2, 0.25) is 11.9 Å². The van der Waals surface area contributed by atoms with Gasteiger partial charge in [-0.3, -0.25) is 0 Å². The summed E-state index contributed by atoms with van der Waals surface area (Å²) in [4.78, 5) is 17.9. The second-order valence-corrected chi connectivity index (χ2v) is 5.77. The Kier molecular flexibility index (Phi) is 4.06. The van der Waals surface area contributed by atoms with Crippen LogP contribution in [0, 0.1) is 0 Å². The van der Waals surface area contributed by atoms with Crippen LogP contribution in [0.4, 0.5) is 11.9 Å². The quantitative estimate of drug-likeness (QED) is 0.712. The molecule has 8 nitrogen and oxygen atoms in total. The topological polar surface area (TPSA) is 93.4 Å². The number of nitrogens with one attached hydrogen (secondary N) is 2. The minimum Gasteiger partial charge on any atom is -0.357 e. The normalized spacial score (nSPS) is 10.6. The number of halogens is 1. The molecule has 0 aliphatic carbocycles. The van der Waals surface area contributed by atoms with Gasteiger partial charge in [-0.15, -0.1) is 11.3 Å². The first-order chi connectivity index (χ1) is 10.3. The number of nitrogens with zero attached hydrogens (tertiary/aromatic N) is 6. The molecule has 3 aromatic heterocycles. The predicted molar refractivity (Wildman–Crippen MR) is 83.6 cm³/mol. The summed E-state index contributed by atoms with van der Waals surface area (Å²) < 4.78 is 2.55. The van der Waals surface area contributed by atoms with Crippen LogP contribution in [0.3, 0.4) is 0 Å². The number of hydrogen-bond acceptors (Lipinski definition) is 8. The molecule has 108 valence electrons. The molecule has 21 heavy (non-hydrogen) atoms. The van der Waals surface area contributed by atoms with Crippen LogP contribution >= 0.6 is 27.3 Å². The lowest BCUT2D eigenvalue weighted by Crippen LogP contribution is -2.11. The summed E-state index contributed by atoms with van der Waals surface area (Å²) >= 11 is 5.15. The zero-order chi connectivity index (χ0) is 14.7. The molecular weight excluding hydrogens is 356 g/mol. The van der Waals surface area contributed by atoms with E-state index in [-0.39, 0.29) is 0 Å². The molecule has 0 saturated heterocycles. The van der Waals surface area contributed by atoms with Crippen LogP contribution in [0.2, 0.25) is 0 Å². The molecule has 3 heterocycles. The van der Waals surface area contributed by atoms with E-state index in [4.69, 9.17) is 0 Å². The Bertz CT molecular complexity index is 726. The Morgan fingerprint density at radius 3 is 2.81 bits per heavy atom. The van der Waals surface area contributed by atoms with Crippen molar-refractivity contribution < 1.29 is 0 Å². The molecule has 0 spiro atoms. The molecular formula is C11H11BrN8S. The zero-order valence-corrected chi connectivity index (χ0v) is 13.4. The van der Waals surface area contributed by atoms with Crippen LogP contribution in [0.1, 0.15) is 4.88 Å². The number of aromatic nitrogens is 6. The molecule has 0 radical (unpaired) electrons. The third kappa shape index (κ3) is 3.16. The van der Waals surface area contributed by atoms with E-state index < -0.39 is 0 Å². The molecule has 2 N–H and O–H groups in total. The van der Waals surface area contributed by atoms with Gasteiger partial charge in [0.1, 0.15) is 12.7 Å². The van der Waals surface area contributed by atoms with Gasteiger partial charge < -0.3 is 10.6 Å². The van der Waals surface area contributed by atoms with E-state index in [0.717, 1.165) is 4.47 Å². The average Bonchev–Trinajstić information content (AvgIpc) is 3.16. The minimum atomic E-state index is 0.402. The van der Waals surface area contributed by atoms with E-state index in [9.17, 15) is 0 Å². The van der Waals surface area contributed by atoms with Crippen molar-refractivity contribution in [1.82, 2.24) is 29.7 Å². The molecule has 0 unspecified atom stereocenters. The van der Waals surface area contributed by atoms with Crippen molar-refractivity contribution in [2.24, 2.45) is 0 Å². The first-order valence-electron chi connectivity index (χ1n) is 6.01. The van der Waals surface area contributed by atoms with Crippen molar-refractivity contribution in [3.05, 3.63) is 33.5 Å². The van der Waals surface area contributed by atoms with Crippen molar-refractivity contribution in [3.63, 3.8) is 0 Å². The van der Waals surface area contributed by atoms with Gasteiger partial charge in [-0.25, -0.2) is 4.98 Å². The average molecular weight is 367 g/mol. The smallest absolute Gasteiger partial charge is 0.258 e. The van der Waals surface area contributed by atoms with Gasteiger partial charge in [0.05, 0.1) is 6.54 Å². The number of rotatable bonds is 5. The Hall–Kier alpha value is -2.07. The lowest BCUT2D eigenvalue weighted by atomic mass is 10.5.